The highest BCUT2D eigenvalue weighted by Gasteiger charge is 2.18. The van der Waals surface area contributed by atoms with Crippen molar-refractivity contribution in [1.82, 2.24) is 14.8 Å². The second-order valence-electron chi connectivity index (χ2n) is 7.65. The van der Waals surface area contributed by atoms with Gasteiger partial charge in [0.05, 0.1) is 6.10 Å². The minimum atomic E-state index is -0.359. The zero-order valence-corrected chi connectivity index (χ0v) is 16.3. The number of rotatable bonds is 8. The molecule has 4 nitrogen and oxygen atoms in total. The van der Waals surface area contributed by atoms with Crippen LogP contribution < -0.4 is 5.32 Å². The van der Waals surface area contributed by atoms with E-state index in [4.69, 9.17) is 0 Å². The molecule has 0 saturated carbocycles. The molecule has 1 atom stereocenters. The van der Waals surface area contributed by atoms with Crippen LogP contribution in [0, 0.1) is 0 Å². The molecular formula is C24H29N3O. The fourth-order valence-electron chi connectivity index (χ4n) is 3.98. The second-order valence-corrected chi connectivity index (χ2v) is 7.65. The van der Waals surface area contributed by atoms with Gasteiger partial charge in [0.1, 0.15) is 0 Å². The van der Waals surface area contributed by atoms with Gasteiger partial charge in [0.25, 0.3) is 0 Å². The average Bonchev–Trinajstić information content (AvgIpc) is 3.15. The van der Waals surface area contributed by atoms with Gasteiger partial charge in [-0.3, -0.25) is 4.90 Å². The average molecular weight is 376 g/mol. The SMILES string of the molecule is OC(CNCc1cccn1Cc1ccccc1)CN1CCc2ccccc2C1. The number of hydrogen-bond donors (Lipinski definition) is 2. The van der Waals surface area contributed by atoms with Crippen LogP contribution in [0.15, 0.2) is 72.9 Å². The predicted molar refractivity (Wildman–Crippen MR) is 113 cm³/mol. The van der Waals surface area contributed by atoms with Crippen LogP contribution >= 0.6 is 0 Å². The first kappa shape index (κ1) is 18.9. The van der Waals surface area contributed by atoms with Crippen LogP contribution in [0.5, 0.6) is 0 Å². The standard InChI is InChI=1S/C24H29N3O/c28-24(19-26-14-12-21-9-4-5-10-22(21)18-26)16-25-15-23-11-6-13-27(23)17-20-7-2-1-3-8-20/h1-11,13,24-25,28H,12,14-19H2. The molecule has 1 aliphatic heterocycles. The Morgan fingerprint density at radius 2 is 1.71 bits per heavy atom. The largest absolute Gasteiger partial charge is 0.390 e. The van der Waals surface area contributed by atoms with E-state index in [-0.39, 0.29) is 6.10 Å². The number of aromatic nitrogens is 1. The summed E-state index contributed by atoms with van der Waals surface area (Å²) in [5.41, 5.74) is 5.38. The van der Waals surface area contributed by atoms with Crippen molar-refractivity contribution in [2.45, 2.75) is 32.2 Å². The minimum Gasteiger partial charge on any atom is -0.390 e. The molecule has 4 heteroatoms. The van der Waals surface area contributed by atoms with Crippen LogP contribution in [-0.4, -0.2) is 40.3 Å². The molecule has 2 aromatic carbocycles. The van der Waals surface area contributed by atoms with E-state index in [1.54, 1.807) is 0 Å². The Morgan fingerprint density at radius 1 is 0.929 bits per heavy atom. The van der Waals surface area contributed by atoms with Gasteiger partial charge in [0, 0.05) is 51.2 Å². The van der Waals surface area contributed by atoms with Gasteiger partial charge in [0.2, 0.25) is 0 Å². The molecule has 3 aromatic rings. The van der Waals surface area contributed by atoms with Crippen molar-refractivity contribution in [3.05, 3.63) is 95.3 Å². The lowest BCUT2D eigenvalue weighted by atomic mass is 10.00. The topological polar surface area (TPSA) is 40.4 Å². The van der Waals surface area contributed by atoms with E-state index in [0.717, 1.165) is 32.6 Å². The van der Waals surface area contributed by atoms with Crippen LogP contribution in [0.2, 0.25) is 0 Å². The van der Waals surface area contributed by atoms with Crippen molar-refractivity contribution >= 4 is 0 Å². The first-order chi connectivity index (χ1) is 13.8. The van der Waals surface area contributed by atoms with E-state index >= 15 is 0 Å². The molecule has 0 spiro atoms. The molecule has 0 fully saturated rings. The molecule has 0 radical (unpaired) electrons. The normalized spacial score (nSPS) is 15.3. The van der Waals surface area contributed by atoms with E-state index in [1.807, 2.05) is 6.07 Å². The molecule has 146 valence electrons. The number of aliphatic hydroxyl groups is 1. The summed E-state index contributed by atoms with van der Waals surface area (Å²) in [5, 5.41) is 13.9. The quantitative estimate of drug-likeness (QED) is 0.636. The molecule has 1 aliphatic rings. The number of aliphatic hydroxyl groups excluding tert-OH is 1. The van der Waals surface area contributed by atoms with Gasteiger partial charge in [-0.15, -0.1) is 0 Å². The Balaban J connectivity index is 1.23. The summed E-state index contributed by atoms with van der Waals surface area (Å²) < 4.78 is 2.26. The maximum absolute atomic E-state index is 10.5. The Hall–Kier alpha value is -2.40. The van der Waals surface area contributed by atoms with Gasteiger partial charge in [-0.1, -0.05) is 54.6 Å². The Labute approximate surface area is 167 Å². The van der Waals surface area contributed by atoms with Crippen LogP contribution in [0.1, 0.15) is 22.4 Å². The number of nitrogens with zero attached hydrogens (tertiary/aromatic N) is 2. The fraction of sp³-hybridized carbons (Fsp3) is 0.333. The monoisotopic (exact) mass is 375 g/mol. The van der Waals surface area contributed by atoms with E-state index in [9.17, 15) is 5.11 Å². The van der Waals surface area contributed by atoms with Gasteiger partial charge < -0.3 is 15.0 Å². The van der Waals surface area contributed by atoms with Crippen molar-refractivity contribution < 1.29 is 5.11 Å². The van der Waals surface area contributed by atoms with Crippen molar-refractivity contribution in [3.63, 3.8) is 0 Å². The minimum absolute atomic E-state index is 0.359. The molecule has 2 heterocycles. The second kappa shape index (κ2) is 9.20. The fourth-order valence-corrected chi connectivity index (χ4v) is 3.98. The van der Waals surface area contributed by atoms with Crippen molar-refractivity contribution in [2.75, 3.05) is 19.6 Å². The van der Waals surface area contributed by atoms with Gasteiger partial charge in [-0.05, 0) is 35.2 Å². The zero-order chi connectivity index (χ0) is 19.2. The molecular weight excluding hydrogens is 346 g/mol. The molecule has 0 saturated heterocycles. The van der Waals surface area contributed by atoms with Crippen LogP contribution in [0.25, 0.3) is 0 Å². The zero-order valence-electron chi connectivity index (χ0n) is 16.3. The number of β-amino-alcohol motifs (C(OH)–C–C–N with tert-alkyl or cyclic N) is 1. The summed E-state index contributed by atoms with van der Waals surface area (Å²) in [6.45, 7) is 4.92. The summed E-state index contributed by atoms with van der Waals surface area (Å²) in [6.07, 6.45) is 2.83. The maximum atomic E-state index is 10.5. The molecule has 28 heavy (non-hydrogen) atoms. The Bertz CT molecular complexity index is 874. The van der Waals surface area contributed by atoms with Gasteiger partial charge >= 0.3 is 0 Å². The van der Waals surface area contributed by atoms with E-state index < -0.39 is 0 Å². The lowest BCUT2D eigenvalue weighted by Gasteiger charge is -2.30. The molecule has 4 rings (SSSR count). The Kier molecular flexibility index (Phi) is 6.22. The predicted octanol–water partition coefficient (Wildman–Crippen LogP) is 3.05. The molecule has 0 amide bonds. The van der Waals surface area contributed by atoms with E-state index in [1.165, 1.54) is 22.4 Å². The first-order valence-corrected chi connectivity index (χ1v) is 10.1. The maximum Gasteiger partial charge on any atom is 0.0791 e. The number of hydrogen-bond acceptors (Lipinski definition) is 3. The lowest BCUT2D eigenvalue weighted by Crippen LogP contribution is -2.40. The van der Waals surface area contributed by atoms with E-state index in [2.05, 4.69) is 81.6 Å². The lowest BCUT2D eigenvalue weighted by molar-refractivity contribution is 0.104. The summed E-state index contributed by atoms with van der Waals surface area (Å²) in [6, 6.07) is 23.4. The van der Waals surface area contributed by atoms with Gasteiger partial charge in [-0.2, -0.15) is 0 Å². The third-order valence-corrected chi connectivity index (χ3v) is 5.48. The van der Waals surface area contributed by atoms with Crippen LogP contribution in [0.3, 0.4) is 0 Å². The number of nitrogens with one attached hydrogen (secondary N) is 1. The highest BCUT2D eigenvalue weighted by molar-refractivity contribution is 5.29. The summed E-state index contributed by atoms with van der Waals surface area (Å²) >= 11 is 0. The van der Waals surface area contributed by atoms with Gasteiger partial charge in [-0.25, -0.2) is 0 Å². The summed E-state index contributed by atoms with van der Waals surface area (Å²) in [7, 11) is 0. The summed E-state index contributed by atoms with van der Waals surface area (Å²) in [5.74, 6) is 0. The van der Waals surface area contributed by atoms with E-state index in [0.29, 0.717) is 13.1 Å². The summed E-state index contributed by atoms with van der Waals surface area (Å²) in [4.78, 5) is 2.35. The van der Waals surface area contributed by atoms with Gasteiger partial charge in [0.15, 0.2) is 0 Å². The van der Waals surface area contributed by atoms with Crippen molar-refractivity contribution in [2.24, 2.45) is 0 Å². The van der Waals surface area contributed by atoms with Crippen LogP contribution in [-0.2, 0) is 26.1 Å². The van der Waals surface area contributed by atoms with Crippen LogP contribution in [0.4, 0.5) is 0 Å². The Morgan fingerprint density at radius 3 is 2.57 bits per heavy atom. The third-order valence-electron chi connectivity index (χ3n) is 5.48. The number of benzene rings is 2. The third kappa shape index (κ3) is 4.90. The molecule has 0 aliphatic carbocycles. The smallest absolute Gasteiger partial charge is 0.0791 e. The highest BCUT2D eigenvalue weighted by atomic mass is 16.3. The van der Waals surface area contributed by atoms with Crippen molar-refractivity contribution in [1.29, 1.82) is 0 Å². The number of fused-ring (bicyclic) bond motifs is 1. The molecule has 1 aromatic heterocycles. The highest BCUT2D eigenvalue weighted by Crippen LogP contribution is 2.18. The van der Waals surface area contributed by atoms with Crippen molar-refractivity contribution in [3.8, 4) is 0 Å². The first-order valence-electron chi connectivity index (χ1n) is 10.1. The molecule has 0 bridgehead atoms. The molecule has 2 N–H and O–H groups in total. The molecule has 1 unspecified atom stereocenters.